The lowest BCUT2D eigenvalue weighted by molar-refractivity contribution is 0.0973. The zero-order chi connectivity index (χ0) is 18.4. The molecule has 128 valence electrons. The molecule has 0 saturated carbocycles. The first-order valence-corrected chi connectivity index (χ1v) is 8.19. The van der Waals surface area contributed by atoms with Crippen LogP contribution in [0.2, 0.25) is 10.0 Å². The van der Waals surface area contributed by atoms with Crippen molar-refractivity contribution in [2.45, 2.75) is 0 Å². The Morgan fingerprint density at radius 2 is 1.19 bits per heavy atom. The summed E-state index contributed by atoms with van der Waals surface area (Å²) in [6.07, 6.45) is 1.01. The number of benzene rings is 2. The number of para-hydroxylation sites is 2. The van der Waals surface area contributed by atoms with E-state index in [-0.39, 0.29) is 43.9 Å². The topological polar surface area (TPSA) is 77.5 Å². The molecular weight excluding hydrogens is 379 g/mol. The molecule has 2 aromatic carbocycles. The zero-order valence-corrected chi connectivity index (χ0v) is 14.4. The first-order valence-electron chi connectivity index (χ1n) is 7.44. The van der Waals surface area contributed by atoms with Crippen molar-refractivity contribution >= 4 is 63.5 Å². The summed E-state index contributed by atoms with van der Waals surface area (Å²) in [5.74, 6) is -1.24. The van der Waals surface area contributed by atoms with Crippen molar-refractivity contribution in [2.75, 3.05) is 0 Å². The van der Waals surface area contributed by atoms with E-state index in [1.165, 1.54) is 0 Å². The first-order chi connectivity index (χ1) is 12.6. The Kier molecular flexibility index (Phi) is 3.90. The molecule has 0 atom stereocenters. The number of carbonyl (C=O) groups excluding carboxylic acids is 3. The maximum Gasteiger partial charge on any atom is 0.264 e. The summed E-state index contributed by atoms with van der Waals surface area (Å²) in [5.41, 5.74) is 0.495. The lowest BCUT2D eigenvalue weighted by Gasteiger charge is -1.95. The van der Waals surface area contributed by atoms with E-state index in [0.717, 1.165) is 0 Å². The summed E-state index contributed by atoms with van der Waals surface area (Å²) in [5, 5.41) is 1.32. The Hall–Kier alpha value is -2.89. The molecular formula is C19H8Cl2O5. The third-order valence-corrected chi connectivity index (χ3v) is 4.66. The molecule has 4 rings (SSSR count). The first kappa shape index (κ1) is 16.6. The molecule has 0 aliphatic heterocycles. The molecule has 0 unspecified atom stereocenters. The van der Waals surface area contributed by atoms with Crippen LogP contribution in [-0.4, -0.2) is 18.4 Å². The van der Waals surface area contributed by atoms with Gasteiger partial charge in [0.15, 0.2) is 35.3 Å². The molecule has 5 nitrogen and oxygen atoms in total. The summed E-state index contributed by atoms with van der Waals surface area (Å²) in [6, 6.07) is 9.66. The SMILES string of the molecule is O=Cc1c(C(=O)c2oc3c(Cl)cccc3c2C=O)oc2c(Cl)cccc12. The Labute approximate surface area is 156 Å². The largest absolute Gasteiger partial charge is 0.450 e. The van der Waals surface area contributed by atoms with E-state index < -0.39 is 5.78 Å². The highest BCUT2D eigenvalue weighted by atomic mass is 35.5. The standard InChI is InChI=1S/C19H8Cl2O5/c20-13-5-1-3-9-11(7-22)18(25-16(9)13)15(24)19-12(8-23)10-4-2-6-14(21)17(10)26-19/h1-8H. The van der Waals surface area contributed by atoms with Crippen LogP contribution in [0, 0.1) is 0 Å². The van der Waals surface area contributed by atoms with Crippen molar-refractivity contribution in [3.8, 4) is 0 Å². The smallest absolute Gasteiger partial charge is 0.264 e. The lowest BCUT2D eigenvalue weighted by atomic mass is 10.1. The second kappa shape index (κ2) is 6.12. The van der Waals surface area contributed by atoms with Gasteiger partial charge in [-0.3, -0.25) is 14.4 Å². The van der Waals surface area contributed by atoms with Gasteiger partial charge in [-0.15, -0.1) is 0 Å². The van der Waals surface area contributed by atoms with E-state index in [9.17, 15) is 14.4 Å². The quantitative estimate of drug-likeness (QED) is 0.349. The molecule has 0 N–H and O–H groups in total. The maximum absolute atomic E-state index is 13.0. The summed E-state index contributed by atoms with van der Waals surface area (Å²) < 4.78 is 11.1. The minimum atomic E-state index is -0.742. The molecule has 0 fully saturated rings. The van der Waals surface area contributed by atoms with Gasteiger partial charge in [0.1, 0.15) is 0 Å². The van der Waals surface area contributed by atoms with Gasteiger partial charge in [-0.25, -0.2) is 0 Å². The molecule has 26 heavy (non-hydrogen) atoms. The molecule has 0 aliphatic carbocycles. The van der Waals surface area contributed by atoms with Crippen LogP contribution in [0.4, 0.5) is 0 Å². The molecule has 0 radical (unpaired) electrons. The van der Waals surface area contributed by atoms with Crippen LogP contribution < -0.4 is 0 Å². The molecule has 4 aromatic rings. The molecule has 2 heterocycles. The van der Waals surface area contributed by atoms with Crippen molar-refractivity contribution in [1.82, 2.24) is 0 Å². The highest BCUT2D eigenvalue weighted by Crippen LogP contribution is 2.35. The zero-order valence-electron chi connectivity index (χ0n) is 12.9. The van der Waals surface area contributed by atoms with Gasteiger partial charge in [-0.05, 0) is 12.1 Å². The van der Waals surface area contributed by atoms with Crippen molar-refractivity contribution in [2.24, 2.45) is 0 Å². The van der Waals surface area contributed by atoms with Crippen LogP contribution in [0.5, 0.6) is 0 Å². The molecule has 0 bridgehead atoms. The third kappa shape index (κ3) is 2.29. The second-order valence-corrected chi connectivity index (χ2v) is 6.30. The van der Waals surface area contributed by atoms with Gasteiger partial charge < -0.3 is 8.83 Å². The number of hydrogen-bond acceptors (Lipinski definition) is 5. The maximum atomic E-state index is 13.0. The fourth-order valence-electron chi connectivity index (χ4n) is 2.88. The minimum absolute atomic E-state index is 0.0379. The Bertz CT molecular complexity index is 1120. The Balaban J connectivity index is 2.00. The van der Waals surface area contributed by atoms with Crippen molar-refractivity contribution in [3.05, 3.63) is 69.1 Å². The Morgan fingerprint density at radius 3 is 1.58 bits per heavy atom. The van der Waals surface area contributed by atoms with Gasteiger partial charge in [0, 0.05) is 10.8 Å². The van der Waals surface area contributed by atoms with Crippen LogP contribution in [0.15, 0.2) is 45.2 Å². The molecule has 0 aliphatic rings. The van der Waals surface area contributed by atoms with Gasteiger partial charge in [-0.2, -0.15) is 0 Å². The molecule has 0 saturated heterocycles. The van der Waals surface area contributed by atoms with Gasteiger partial charge in [0.2, 0.25) is 0 Å². The fraction of sp³-hybridized carbons (Fsp3) is 0. The highest BCUT2D eigenvalue weighted by Gasteiger charge is 2.29. The van der Waals surface area contributed by atoms with Crippen LogP contribution in [0.3, 0.4) is 0 Å². The van der Waals surface area contributed by atoms with E-state index in [1.54, 1.807) is 36.4 Å². The number of rotatable bonds is 4. The van der Waals surface area contributed by atoms with Crippen molar-refractivity contribution in [3.63, 3.8) is 0 Å². The number of aldehydes is 2. The van der Waals surface area contributed by atoms with Crippen LogP contribution in [0.1, 0.15) is 37.0 Å². The summed E-state index contributed by atoms with van der Waals surface area (Å²) in [7, 11) is 0. The van der Waals surface area contributed by atoms with Gasteiger partial charge >= 0.3 is 0 Å². The van der Waals surface area contributed by atoms with Crippen LogP contribution >= 0.6 is 23.2 Å². The average molecular weight is 387 g/mol. The van der Waals surface area contributed by atoms with E-state index in [0.29, 0.717) is 23.3 Å². The second-order valence-electron chi connectivity index (χ2n) is 5.49. The van der Waals surface area contributed by atoms with Crippen LogP contribution in [-0.2, 0) is 0 Å². The number of furan rings is 2. The predicted octanol–water partition coefficient (Wildman–Crippen LogP) is 5.34. The molecule has 7 heteroatoms. The normalized spacial score (nSPS) is 11.2. The fourth-order valence-corrected chi connectivity index (χ4v) is 3.31. The minimum Gasteiger partial charge on any atom is -0.450 e. The van der Waals surface area contributed by atoms with E-state index in [2.05, 4.69) is 0 Å². The average Bonchev–Trinajstić information content (AvgIpc) is 3.21. The van der Waals surface area contributed by atoms with Gasteiger partial charge in [-0.1, -0.05) is 47.5 Å². The molecule has 2 aromatic heterocycles. The number of ketones is 1. The number of hydrogen-bond donors (Lipinski definition) is 0. The van der Waals surface area contributed by atoms with E-state index in [1.807, 2.05) is 0 Å². The van der Waals surface area contributed by atoms with Gasteiger partial charge in [0.05, 0.1) is 21.2 Å². The third-order valence-electron chi connectivity index (χ3n) is 4.06. The summed E-state index contributed by atoms with van der Waals surface area (Å²) >= 11 is 12.2. The van der Waals surface area contributed by atoms with Crippen LogP contribution in [0.25, 0.3) is 21.9 Å². The Morgan fingerprint density at radius 1 is 0.769 bits per heavy atom. The highest BCUT2D eigenvalue weighted by molar-refractivity contribution is 6.36. The number of fused-ring (bicyclic) bond motifs is 2. The van der Waals surface area contributed by atoms with E-state index >= 15 is 0 Å². The summed E-state index contributed by atoms with van der Waals surface area (Å²) in [6.45, 7) is 0. The molecule has 0 amide bonds. The number of carbonyl (C=O) groups is 3. The summed E-state index contributed by atoms with van der Waals surface area (Å²) in [4.78, 5) is 36.1. The van der Waals surface area contributed by atoms with Crippen molar-refractivity contribution < 1.29 is 23.2 Å². The predicted molar refractivity (Wildman–Crippen MR) is 96.7 cm³/mol. The molecule has 0 spiro atoms. The monoisotopic (exact) mass is 386 g/mol. The number of halogens is 2. The lowest BCUT2D eigenvalue weighted by Crippen LogP contribution is -2.04. The van der Waals surface area contributed by atoms with E-state index in [4.69, 9.17) is 32.0 Å². The van der Waals surface area contributed by atoms with Crippen molar-refractivity contribution in [1.29, 1.82) is 0 Å². The van der Waals surface area contributed by atoms with Gasteiger partial charge in [0.25, 0.3) is 5.78 Å².